The summed E-state index contributed by atoms with van der Waals surface area (Å²) in [5.74, 6) is -1.17. The molecule has 0 aromatic carbocycles. The predicted molar refractivity (Wildman–Crippen MR) is 91.3 cm³/mol. The van der Waals surface area contributed by atoms with Gasteiger partial charge in [-0.3, -0.25) is 9.59 Å². The number of hydrogen-bond donors (Lipinski definition) is 2. The van der Waals surface area contributed by atoms with Gasteiger partial charge in [0.15, 0.2) is 0 Å². The molecule has 0 rings (SSSR count). The molecule has 24 heavy (non-hydrogen) atoms. The van der Waals surface area contributed by atoms with E-state index in [9.17, 15) is 19.8 Å². The Bertz CT molecular complexity index is 363. The van der Waals surface area contributed by atoms with Gasteiger partial charge >= 0.3 is 11.9 Å². The molecule has 0 saturated carbocycles. The molecule has 0 aromatic heterocycles. The fourth-order valence-electron chi connectivity index (χ4n) is 2.52. The molecule has 0 aliphatic heterocycles. The summed E-state index contributed by atoms with van der Waals surface area (Å²) in [7, 11) is 0. The van der Waals surface area contributed by atoms with Gasteiger partial charge in [-0.15, -0.1) is 0 Å². The van der Waals surface area contributed by atoms with E-state index in [-0.39, 0.29) is 30.4 Å². The van der Waals surface area contributed by atoms with E-state index in [1.54, 1.807) is 6.92 Å². The molecule has 0 saturated heterocycles. The molecule has 0 aliphatic carbocycles. The minimum absolute atomic E-state index is 0.205. The molecule has 142 valence electrons. The van der Waals surface area contributed by atoms with Gasteiger partial charge in [0.25, 0.3) is 0 Å². The third-order valence-corrected chi connectivity index (χ3v) is 4.48. The number of esters is 2. The fraction of sp³-hybridized carbons (Fsp3) is 0.889. The second-order valence-corrected chi connectivity index (χ2v) is 6.10. The zero-order valence-electron chi connectivity index (χ0n) is 15.7. The van der Waals surface area contributed by atoms with Crippen LogP contribution < -0.4 is 0 Å². The van der Waals surface area contributed by atoms with Crippen molar-refractivity contribution in [3.8, 4) is 0 Å². The molecule has 0 fully saturated rings. The number of hydrogen-bond acceptors (Lipinski definition) is 6. The van der Waals surface area contributed by atoms with Crippen molar-refractivity contribution in [1.29, 1.82) is 0 Å². The van der Waals surface area contributed by atoms with Crippen molar-refractivity contribution in [3.05, 3.63) is 0 Å². The van der Waals surface area contributed by atoms with Gasteiger partial charge in [0, 0.05) is 0 Å². The van der Waals surface area contributed by atoms with E-state index >= 15 is 0 Å². The Morgan fingerprint density at radius 2 is 1.25 bits per heavy atom. The largest absolute Gasteiger partial charge is 0.463 e. The second-order valence-electron chi connectivity index (χ2n) is 6.10. The molecule has 0 amide bonds. The lowest BCUT2D eigenvalue weighted by molar-refractivity contribution is -0.171. The van der Waals surface area contributed by atoms with E-state index in [0.29, 0.717) is 32.1 Å². The summed E-state index contributed by atoms with van der Waals surface area (Å²) in [6, 6.07) is 0. The Morgan fingerprint density at radius 1 is 0.792 bits per heavy atom. The Labute approximate surface area is 145 Å². The third kappa shape index (κ3) is 7.18. The lowest BCUT2D eigenvalue weighted by Gasteiger charge is -2.27. The maximum Gasteiger partial charge on any atom is 0.309 e. The van der Waals surface area contributed by atoms with Gasteiger partial charge in [-0.1, -0.05) is 34.6 Å². The zero-order valence-corrected chi connectivity index (χ0v) is 15.7. The standard InChI is InChI=1S/C18H34O6/c1-6-12(7-2)17(21)23-11-14(19)16(20)15(10-5)24-18(22)13(8-3)9-4/h12-16,19-20H,6-11H2,1-5H3. The summed E-state index contributed by atoms with van der Waals surface area (Å²) in [4.78, 5) is 23.9. The van der Waals surface area contributed by atoms with Gasteiger partial charge in [-0.25, -0.2) is 0 Å². The number of ether oxygens (including phenoxy) is 2. The number of aliphatic hydroxyl groups excluding tert-OH is 2. The predicted octanol–water partition coefficient (Wildman–Crippen LogP) is 2.45. The maximum absolute atomic E-state index is 12.0. The van der Waals surface area contributed by atoms with Crippen molar-refractivity contribution >= 4 is 11.9 Å². The van der Waals surface area contributed by atoms with Crippen molar-refractivity contribution in [2.75, 3.05) is 6.61 Å². The molecular formula is C18H34O6. The van der Waals surface area contributed by atoms with Crippen LogP contribution >= 0.6 is 0 Å². The van der Waals surface area contributed by atoms with Crippen molar-refractivity contribution in [2.45, 2.75) is 85.0 Å². The number of carbonyl (C=O) groups is 2. The molecule has 0 heterocycles. The molecule has 6 nitrogen and oxygen atoms in total. The highest BCUT2D eigenvalue weighted by molar-refractivity contribution is 5.72. The normalized spacial score (nSPS) is 15.2. The Morgan fingerprint density at radius 3 is 1.67 bits per heavy atom. The van der Waals surface area contributed by atoms with E-state index in [4.69, 9.17) is 9.47 Å². The van der Waals surface area contributed by atoms with Gasteiger partial charge in [-0.05, 0) is 32.1 Å². The molecule has 6 heteroatoms. The fourth-order valence-corrected chi connectivity index (χ4v) is 2.52. The van der Waals surface area contributed by atoms with Crippen LogP contribution in [-0.4, -0.2) is 47.1 Å². The SMILES string of the molecule is CCC(CC)C(=O)OCC(O)C(O)C(CC)OC(=O)C(CC)CC. The molecule has 0 bridgehead atoms. The topological polar surface area (TPSA) is 93.1 Å². The summed E-state index contributed by atoms with van der Waals surface area (Å²) in [5.41, 5.74) is 0. The van der Waals surface area contributed by atoms with Crippen LogP contribution in [0.1, 0.15) is 66.7 Å². The second kappa shape index (κ2) is 12.3. The minimum atomic E-state index is -1.29. The van der Waals surface area contributed by atoms with Crippen molar-refractivity contribution in [1.82, 2.24) is 0 Å². The molecular weight excluding hydrogens is 312 g/mol. The van der Waals surface area contributed by atoms with Gasteiger partial charge in [0.1, 0.15) is 24.9 Å². The number of rotatable bonds is 12. The highest BCUT2D eigenvalue weighted by Gasteiger charge is 2.31. The van der Waals surface area contributed by atoms with Crippen molar-refractivity contribution in [2.24, 2.45) is 11.8 Å². The zero-order chi connectivity index (χ0) is 18.7. The summed E-state index contributed by atoms with van der Waals surface area (Å²) in [5, 5.41) is 20.2. The smallest absolute Gasteiger partial charge is 0.309 e. The third-order valence-electron chi connectivity index (χ3n) is 4.48. The van der Waals surface area contributed by atoms with E-state index < -0.39 is 18.3 Å². The van der Waals surface area contributed by atoms with E-state index in [2.05, 4.69) is 0 Å². The summed E-state index contributed by atoms with van der Waals surface area (Å²) in [6.45, 7) is 9.04. The Kier molecular flexibility index (Phi) is 11.7. The van der Waals surface area contributed by atoms with Crippen molar-refractivity contribution < 1.29 is 29.3 Å². The summed E-state index contributed by atoms with van der Waals surface area (Å²) >= 11 is 0. The van der Waals surface area contributed by atoms with Crippen LogP contribution in [0.2, 0.25) is 0 Å². The van der Waals surface area contributed by atoms with Gasteiger partial charge in [0.2, 0.25) is 0 Å². The van der Waals surface area contributed by atoms with Crippen molar-refractivity contribution in [3.63, 3.8) is 0 Å². The highest BCUT2D eigenvalue weighted by Crippen LogP contribution is 2.16. The maximum atomic E-state index is 12.0. The quantitative estimate of drug-likeness (QED) is 0.527. The molecule has 0 spiro atoms. The number of carbonyl (C=O) groups excluding carboxylic acids is 2. The monoisotopic (exact) mass is 346 g/mol. The summed E-state index contributed by atoms with van der Waals surface area (Å²) in [6.07, 6.45) is -0.373. The van der Waals surface area contributed by atoms with Crippen LogP contribution in [0.3, 0.4) is 0 Å². The molecule has 2 N–H and O–H groups in total. The first-order valence-electron chi connectivity index (χ1n) is 9.09. The highest BCUT2D eigenvalue weighted by atomic mass is 16.6. The summed E-state index contributed by atoms with van der Waals surface area (Å²) < 4.78 is 10.4. The van der Waals surface area contributed by atoms with Gasteiger partial charge in [-0.2, -0.15) is 0 Å². The average molecular weight is 346 g/mol. The first-order chi connectivity index (χ1) is 11.4. The van der Waals surface area contributed by atoms with Gasteiger partial charge in [0.05, 0.1) is 11.8 Å². The first kappa shape index (κ1) is 22.9. The Hall–Kier alpha value is -1.14. The van der Waals surface area contributed by atoms with Crippen LogP contribution in [0.25, 0.3) is 0 Å². The molecule has 3 unspecified atom stereocenters. The number of aliphatic hydroxyl groups is 2. The molecule has 0 radical (unpaired) electrons. The van der Waals surface area contributed by atoms with E-state index in [1.807, 2.05) is 27.7 Å². The van der Waals surface area contributed by atoms with Crippen LogP contribution in [0, 0.1) is 11.8 Å². The molecule has 0 aliphatic rings. The first-order valence-corrected chi connectivity index (χ1v) is 9.09. The van der Waals surface area contributed by atoms with E-state index in [1.165, 1.54) is 0 Å². The lowest BCUT2D eigenvalue weighted by atomic mass is 10.0. The van der Waals surface area contributed by atoms with Crippen LogP contribution in [-0.2, 0) is 19.1 Å². The lowest BCUT2D eigenvalue weighted by Crippen LogP contribution is -2.43. The average Bonchev–Trinajstić information content (AvgIpc) is 2.58. The Balaban J connectivity index is 4.58. The minimum Gasteiger partial charge on any atom is -0.463 e. The molecule has 3 atom stereocenters. The van der Waals surface area contributed by atoms with Gasteiger partial charge < -0.3 is 19.7 Å². The molecule has 0 aromatic rings. The van der Waals surface area contributed by atoms with Crippen LogP contribution in [0.5, 0.6) is 0 Å². The van der Waals surface area contributed by atoms with Crippen LogP contribution in [0.4, 0.5) is 0 Å². The van der Waals surface area contributed by atoms with E-state index in [0.717, 1.165) is 0 Å². The van der Waals surface area contributed by atoms with Crippen LogP contribution in [0.15, 0.2) is 0 Å².